The van der Waals surface area contributed by atoms with E-state index in [4.69, 9.17) is 0 Å². The fourth-order valence-corrected chi connectivity index (χ4v) is 12.2. The number of hydrogen-bond acceptors (Lipinski definition) is 0. The van der Waals surface area contributed by atoms with E-state index in [1.807, 2.05) is 0 Å². The molecule has 0 aliphatic heterocycles. The van der Waals surface area contributed by atoms with E-state index in [0.717, 1.165) is 0 Å². The number of aryl methyl sites for hydroxylation is 2. The van der Waals surface area contributed by atoms with Gasteiger partial charge in [0, 0.05) is 0 Å². The van der Waals surface area contributed by atoms with Crippen molar-refractivity contribution in [2.75, 3.05) is 0 Å². The molecule has 6 rings (SSSR count). The van der Waals surface area contributed by atoms with Crippen LogP contribution in [-0.4, -0.2) is 0 Å². The van der Waals surface area contributed by atoms with Crippen LogP contribution in [0.5, 0.6) is 0 Å². The largest absolute Gasteiger partial charge is 1.00 e. The first-order valence-electron chi connectivity index (χ1n) is 12.5. The van der Waals surface area contributed by atoms with E-state index in [0.29, 0.717) is 0 Å². The SMILES string of the molecule is Cc1cccc([C]2([Zr+2][C]3(c4cccc(C)c4C)C=Cc4ccccc43)C=Cc3ccccc32)c1C.[Cl-].[Cl-]. The van der Waals surface area contributed by atoms with Gasteiger partial charge in [-0.15, -0.1) is 0 Å². The van der Waals surface area contributed by atoms with Crippen LogP contribution in [0.4, 0.5) is 0 Å². The van der Waals surface area contributed by atoms with Gasteiger partial charge in [0.2, 0.25) is 0 Å². The Balaban J connectivity index is 0.00000160. The predicted molar refractivity (Wildman–Crippen MR) is 144 cm³/mol. The first-order valence-corrected chi connectivity index (χ1v) is 14.9. The number of benzene rings is 4. The summed E-state index contributed by atoms with van der Waals surface area (Å²) in [5, 5.41) is 0. The molecular weight excluding hydrogens is 571 g/mol. The van der Waals surface area contributed by atoms with Crippen molar-refractivity contribution in [3.8, 4) is 0 Å². The van der Waals surface area contributed by atoms with Crippen LogP contribution >= 0.6 is 0 Å². The van der Waals surface area contributed by atoms with Crippen LogP contribution in [0, 0.1) is 27.7 Å². The first-order chi connectivity index (χ1) is 17.0. The Morgan fingerprint density at radius 2 is 0.838 bits per heavy atom. The summed E-state index contributed by atoms with van der Waals surface area (Å²) >= 11 is -1.33. The molecule has 3 heteroatoms. The smallest absolute Gasteiger partial charge is 1.00 e. The molecule has 0 radical (unpaired) electrons. The molecule has 2 aliphatic rings. The van der Waals surface area contributed by atoms with Crippen LogP contribution in [0.3, 0.4) is 0 Å². The van der Waals surface area contributed by atoms with Crippen molar-refractivity contribution in [1.82, 2.24) is 0 Å². The van der Waals surface area contributed by atoms with Crippen molar-refractivity contribution in [2.24, 2.45) is 0 Å². The molecule has 0 N–H and O–H groups in total. The van der Waals surface area contributed by atoms with E-state index in [9.17, 15) is 0 Å². The summed E-state index contributed by atoms with van der Waals surface area (Å²) in [6.07, 6.45) is 9.90. The second-order valence-electron chi connectivity index (χ2n) is 10.1. The molecule has 4 aromatic carbocycles. The second-order valence-corrected chi connectivity index (χ2v) is 14.6. The molecule has 0 amide bonds. The van der Waals surface area contributed by atoms with Crippen LogP contribution in [-0.2, 0) is 29.5 Å². The standard InChI is InChI=1S/2C17H15.2ClH.Zr/c2*1-12-6-5-9-15(13(12)2)17-11-10-14-7-3-4-8-16(14)17;;;/h2*3-11H,1-2H3;2*1H;/q;;;;+2/p-2. The van der Waals surface area contributed by atoms with Crippen molar-refractivity contribution in [3.05, 3.63) is 153 Å². The first kappa shape index (κ1) is 27.8. The molecule has 184 valence electrons. The maximum atomic E-state index is 2.56. The minimum absolute atomic E-state index is 0. The van der Waals surface area contributed by atoms with Gasteiger partial charge in [-0.2, -0.15) is 0 Å². The molecule has 0 spiro atoms. The van der Waals surface area contributed by atoms with Crippen molar-refractivity contribution >= 4 is 12.2 Å². The Labute approximate surface area is 245 Å². The van der Waals surface area contributed by atoms with Gasteiger partial charge in [0.25, 0.3) is 0 Å². The molecule has 0 fully saturated rings. The predicted octanol–water partition coefficient (Wildman–Crippen LogP) is 2.25. The molecule has 37 heavy (non-hydrogen) atoms. The summed E-state index contributed by atoms with van der Waals surface area (Å²) in [4.78, 5) is 0. The number of fused-ring (bicyclic) bond motifs is 2. The third-order valence-corrected chi connectivity index (χ3v) is 13.7. The van der Waals surface area contributed by atoms with Crippen LogP contribution < -0.4 is 24.8 Å². The zero-order valence-corrected chi connectivity index (χ0v) is 25.6. The Kier molecular flexibility index (Phi) is 7.93. The molecule has 0 heterocycles. The molecule has 0 saturated carbocycles. The zero-order chi connectivity index (χ0) is 24.2. The average Bonchev–Trinajstić information content (AvgIpc) is 3.43. The van der Waals surface area contributed by atoms with E-state index < -0.39 is 23.2 Å². The monoisotopic (exact) mass is 598 g/mol. The normalized spacial score (nSPS) is 20.4. The molecule has 2 unspecified atom stereocenters. The van der Waals surface area contributed by atoms with Crippen LogP contribution in [0.25, 0.3) is 12.2 Å². The number of hydrogen-bond donors (Lipinski definition) is 0. The van der Waals surface area contributed by atoms with E-state index in [1.165, 1.54) is 55.6 Å². The van der Waals surface area contributed by atoms with Crippen molar-refractivity contribution < 1.29 is 48.0 Å². The number of rotatable bonds is 4. The molecule has 0 aromatic heterocycles. The topological polar surface area (TPSA) is 0 Å². The Hall–Kier alpha value is -2.18. The summed E-state index contributed by atoms with van der Waals surface area (Å²) in [6.45, 7) is 9.16. The summed E-state index contributed by atoms with van der Waals surface area (Å²) in [7, 11) is 0. The summed E-state index contributed by atoms with van der Waals surface area (Å²) in [5.41, 5.74) is 14.3. The van der Waals surface area contributed by atoms with Gasteiger partial charge in [-0.25, -0.2) is 0 Å². The molecule has 2 aliphatic carbocycles. The Morgan fingerprint density at radius 3 is 1.27 bits per heavy atom. The van der Waals surface area contributed by atoms with E-state index in [1.54, 1.807) is 0 Å². The maximum Gasteiger partial charge on any atom is -1.00 e. The summed E-state index contributed by atoms with van der Waals surface area (Å²) in [6, 6.07) is 32.0. The average molecular weight is 601 g/mol. The van der Waals surface area contributed by atoms with Crippen LogP contribution in [0.2, 0.25) is 0 Å². The molecular formula is C34H30Cl2Zr. The van der Waals surface area contributed by atoms with Crippen LogP contribution in [0.1, 0.15) is 55.6 Å². The van der Waals surface area contributed by atoms with Crippen molar-refractivity contribution in [3.63, 3.8) is 0 Å². The summed E-state index contributed by atoms with van der Waals surface area (Å²) < 4.78 is -0.0952. The second kappa shape index (κ2) is 10.5. The molecule has 0 saturated heterocycles. The third kappa shape index (κ3) is 4.25. The minimum Gasteiger partial charge on any atom is -1.00 e. The fourth-order valence-electron chi connectivity index (χ4n) is 6.10. The van der Waals surface area contributed by atoms with Gasteiger partial charge < -0.3 is 24.8 Å². The fraction of sp³-hybridized carbons (Fsp3) is 0.176. The number of halogens is 2. The molecule has 4 aromatic rings. The van der Waals surface area contributed by atoms with Gasteiger partial charge >= 0.3 is 222 Å². The van der Waals surface area contributed by atoms with Gasteiger partial charge in [-0.1, -0.05) is 0 Å². The Bertz CT molecular complexity index is 1420. The third-order valence-electron chi connectivity index (χ3n) is 8.25. The van der Waals surface area contributed by atoms with Crippen molar-refractivity contribution in [1.29, 1.82) is 0 Å². The van der Waals surface area contributed by atoms with E-state index in [2.05, 4.69) is 137 Å². The van der Waals surface area contributed by atoms with Gasteiger partial charge in [-0.05, 0) is 0 Å². The quantitative estimate of drug-likeness (QED) is 0.337. The maximum absolute atomic E-state index is 2.56. The molecule has 0 bridgehead atoms. The van der Waals surface area contributed by atoms with Crippen molar-refractivity contribution in [2.45, 2.75) is 33.9 Å². The number of allylic oxidation sites excluding steroid dienone is 2. The summed E-state index contributed by atoms with van der Waals surface area (Å²) in [5.74, 6) is 0. The van der Waals surface area contributed by atoms with Crippen LogP contribution in [0.15, 0.2) is 97.1 Å². The van der Waals surface area contributed by atoms with Gasteiger partial charge in [-0.3, -0.25) is 0 Å². The zero-order valence-electron chi connectivity index (χ0n) is 21.6. The van der Waals surface area contributed by atoms with Gasteiger partial charge in [0.1, 0.15) is 0 Å². The molecule has 2 atom stereocenters. The molecule has 0 nitrogen and oxygen atoms in total. The van der Waals surface area contributed by atoms with E-state index >= 15 is 0 Å². The van der Waals surface area contributed by atoms with E-state index in [-0.39, 0.29) is 31.1 Å². The van der Waals surface area contributed by atoms with Gasteiger partial charge in [0.15, 0.2) is 0 Å². The minimum atomic E-state index is -1.33. The van der Waals surface area contributed by atoms with Gasteiger partial charge in [0.05, 0.1) is 0 Å². The Morgan fingerprint density at radius 1 is 0.459 bits per heavy atom.